The van der Waals surface area contributed by atoms with Crippen LogP contribution in [0.4, 0.5) is 0 Å². The molecule has 1 atom stereocenters. The van der Waals surface area contributed by atoms with Gasteiger partial charge in [0.1, 0.15) is 11.8 Å². The van der Waals surface area contributed by atoms with Crippen molar-refractivity contribution >= 4 is 27.7 Å². The molecule has 0 aliphatic rings. The maximum absolute atomic E-state index is 13.6. The summed E-state index contributed by atoms with van der Waals surface area (Å²) in [5, 5.41) is 3.06. The number of amides is 2. The number of halogens is 1. The molecular formula is C31H37BrN2O3. The van der Waals surface area contributed by atoms with E-state index in [1.54, 1.807) is 4.90 Å². The number of benzene rings is 3. The van der Waals surface area contributed by atoms with Crippen molar-refractivity contribution in [3.8, 4) is 5.75 Å². The minimum absolute atomic E-state index is 0.0592. The summed E-state index contributed by atoms with van der Waals surface area (Å²) in [6.07, 6.45) is 1.31. The predicted octanol–water partition coefficient (Wildman–Crippen LogP) is 6.33. The molecule has 6 heteroatoms. The molecule has 3 rings (SSSR count). The predicted molar refractivity (Wildman–Crippen MR) is 152 cm³/mol. The number of hydrogen-bond acceptors (Lipinski definition) is 3. The minimum atomic E-state index is -0.615. The third kappa shape index (κ3) is 9.69. The highest BCUT2D eigenvalue weighted by Crippen LogP contribution is 2.19. The molecule has 5 nitrogen and oxygen atoms in total. The van der Waals surface area contributed by atoms with Crippen LogP contribution in [0.15, 0.2) is 83.3 Å². The molecule has 0 radical (unpaired) electrons. The van der Waals surface area contributed by atoms with Gasteiger partial charge >= 0.3 is 0 Å². The summed E-state index contributed by atoms with van der Waals surface area (Å²) in [7, 11) is 0. The van der Waals surface area contributed by atoms with E-state index in [0.717, 1.165) is 21.3 Å². The van der Waals surface area contributed by atoms with Crippen LogP contribution in [0.1, 0.15) is 43.4 Å². The van der Waals surface area contributed by atoms with Gasteiger partial charge in [-0.05, 0) is 54.7 Å². The second kappa shape index (κ2) is 14.6. The third-order valence-corrected chi connectivity index (χ3v) is 6.58. The van der Waals surface area contributed by atoms with Gasteiger partial charge in [-0.2, -0.15) is 0 Å². The molecule has 0 heterocycles. The zero-order valence-electron chi connectivity index (χ0n) is 22.0. The number of carbonyl (C=O) groups is 2. The summed E-state index contributed by atoms with van der Waals surface area (Å²) in [4.78, 5) is 28.8. The van der Waals surface area contributed by atoms with Gasteiger partial charge in [0.05, 0.1) is 6.61 Å². The van der Waals surface area contributed by atoms with E-state index < -0.39 is 6.04 Å². The molecule has 0 spiro atoms. The van der Waals surface area contributed by atoms with Crippen LogP contribution in [0.5, 0.6) is 5.75 Å². The Bertz CT molecular complexity index is 1120. The summed E-state index contributed by atoms with van der Waals surface area (Å²) < 4.78 is 6.81. The van der Waals surface area contributed by atoms with E-state index in [-0.39, 0.29) is 11.8 Å². The van der Waals surface area contributed by atoms with Gasteiger partial charge in [0, 0.05) is 30.4 Å². The monoisotopic (exact) mass is 564 g/mol. The van der Waals surface area contributed by atoms with Gasteiger partial charge in [-0.25, -0.2) is 0 Å². The van der Waals surface area contributed by atoms with Crippen LogP contribution in [0.3, 0.4) is 0 Å². The highest BCUT2D eigenvalue weighted by atomic mass is 79.9. The van der Waals surface area contributed by atoms with Gasteiger partial charge in [-0.15, -0.1) is 0 Å². The Kier molecular flexibility index (Phi) is 11.2. The maximum Gasteiger partial charge on any atom is 0.243 e. The maximum atomic E-state index is 13.6. The molecule has 0 saturated carbocycles. The first kappa shape index (κ1) is 28.5. The van der Waals surface area contributed by atoms with E-state index in [1.807, 2.05) is 85.8 Å². The van der Waals surface area contributed by atoms with Gasteiger partial charge in [-0.1, -0.05) is 89.9 Å². The van der Waals surface area contributed by atoms with Crippen molar-refractivity contribution < 1.29 is 14.3 Å². The van der Waals surface area contributed by atoms with E-state index in [2.05, 4.69) is 35.1 Å². The number of hydrogen-bond donors (Lipinski definition) is 1. The minimum Gasteiger partial charge on any atom is -0.494 e. The Balaban J connectivity index is 1.77. The van der Waals surface area contributed by atoms with E-state index in [9.17, 15) is 9.59 Å². The number of ether oxygens (including phenoxy) is 1. The summed E-state index contributed by atoms with van der Waals surface area (Å²) in [5.41, 5.74) is 3.16. The number of nitrogens with zero attached hydrogens (tertiary/aromatic N) is 1. The lowest BCUT2D eigenvalue weighted by atomic mass is 10.0. The Morgan fingerprint density at radius 3 is 2.24 bits per heavy atom. The molecule has 3 aromatic rings. The van der Waals surface area contributed by atoms with Crippen molar-refractivity contribution in [1.82, 2.24) is 10.2 Å². The number of carbonyl (C=O) groups excluding carboxylic acids is 2. The fourth-order valence-corrected chi connectivity index (χ4v) is 4.22. The second-order valence-electron chi connectivity index (χ2n) is 9.76. The summed E-state index contributed by atoms with van der Waals surface area (Å²) in [5.74, 6) is 0.922. The smallest absolute Gasteiger partial charge is 0.243 e. The van der Waals surface area contributed by atoms with Crippen LogP contribution in [0, 0.1) is 12.8 Å². The zero-order valence-corrected chi connectivity index (χ0v) is 23.5. The van der Waals surface area contributed by atoms with E-state index in [4.69, 9.17) is 4.74 Å². The van der Waals surface area contributed by atoms with Crippen LogP contribution in [-0.4, -0.2) is 35.9 Å². The fraction of sp³-hybridized carbons (Fsp3) is 0.355. The molecule has 0 aliphatic heterocycles. The molecule has 3 aromatic carbocycles. The van der Waals surface area contributed by atoms with Crippen LogP contribution in [0.25, 0.3) is 0 Å². The SMILES string of the molecule is Cc1ccc(OCCCC(=O)N(Cc2ccc(Br)cc2)[C@@H](Cc2ccccc2)C(=O)NCC(C)C)cc1. The lowest BCUT2D eigenvalue weighted by Gasteiger charge is -2.32. The molecule has 1 N–H and O–H groups in total. The summed E-state index contributed by atoms with van der Waals surface area (Å²) in [6, 6.07) is 25.0. The van der Waals surface area contributed by atoms with Crippen molar-refractivity contribution in [2.75, 3.05) is 13.2 Å². The first-order valence-corrected chi connectivity index (χ1v) is 13.7. The number of nitrogens with one attached hydrogen (secondary N) is 1. The van der Waals surface area contributed by atoms with Crippen molar-refractivity contribution in [3.05, 3.63) is 100 Å². The standard InChI is InChI=1S/C31H37BrN2O3/c1-23(2)21-33-31(36)29(20-25-8-5-4-6-9-25)34(22-26-13-15-27(32)16-14-26)30(35)10-7-19-37-28-17-11-24(3)12-18-28/h4-6,8-9,11-18,23,29H,7,10,19-22H2,1-3H3,(H,33,36)/t29-/m0/s1. The quantitative estimate of drug-likeness (QED) is 0.247. The molecule has 0 aromatic heterocycles. The van der Waals surface area contributed by atoms with E-state index in [0.29, 0.717) is 44.9 Å². The normalized spacial score (nSPS) is 11.7. The second-order valence-corrected chi connectivity index (χ2v) is 10.7. The number of aryl methyl sites for hydroxylation is 1. The van der Waals surface area contributed by atoms with Gasteiger partial charge < -0.3 is 15.0 Å². The van der Waals surface area contributed by atoms with Crippen molar-refractivity contribution in [2.45, 2.75) is 52.6 Å². The van der Waals surface area contributed by atoms with Crippen LogP contribution in [-0.2, 0) is 22.6 Å². The molecule has 0 fully saturated rings. The molecule has 0 saturated heterocycles. The molecule has 37 heavy (non-hydrogen) atoms. The molecular weight excluding hydrogens is 528 g/mol. The lowest BCUT2D eigenvalue weighted by molar-refractivity contribution is -0.141. The fourth-order valence-electron chi connectivity index (χ4n) is 3.95. The molecule has 0 aliphatic carbocycles. The van der Waals surface area contributed by atoms with Crippen LogP contribution in [0.2, 0.25) is 0 Å². The Labute approximate surface area is 229 Å². The van der Waals surface area contributed by atoms with Crippen LogP contribution >= 0.6 is 15.9 Å². The van der Waals surface area contributed by atoms with Crippen molar-refractivity contribution in [1.29, 1.82) is 0 Å². The van der Waals surface area contributed by atoms with Gasteiger partial charge in [-0.3, -0.25) is 9.59 Å². The van der Waals surface area contributed by atoms with E-state index in [1.165, 1.54) is 5.56 Å². The third-order valence-electron chi connectivity index (χ3n) is 6.05. The topological polar surface area (TPSA) is 58.6 Å². The van der Waals surface area contributed by atoms with Gasteiger partial charge in [0.2, 0.25) is 11.8 Å². The summed E-state index contributed by atoms with van der Waals surface area (Å²) >= 11 is 3.48. The molecule has 0 unspecified atom stereocenters. The van der Waals surface area contributed by atoms with Crippen molar-refractivity contribution in [2.24, 2.45) is 5.92 Å². The average Bonchev–Trinajstić information content (AvgIpc) is 2.89. The molecule has 2 amide bonds. The Morgan fingerprint density at radius 1 is 0.919 bits per heavy atom. The highest BCUT2D eigenvalue weighted by molar-refractivity contribution is 9.10. The first-order valence-electron chi connectivity index (χ1n) is 12.9. The van der Waals surface area contributed by atoms with Gasteiger partial charge in [0.25, 0.3) is 0 Å². The van der Waals surface area contributed by atoms with Gasteiger partial charge in [0.15, 0.2) is 0 Å². The lowest BCUT2D eigenvalue weighted by Crippen LogP contribution is -2.51. The molecule has 0 bridgehead atoms. The van der Waals surface area contributed by atoms with Crippen LogP contribution < -0.4 is 10.1 Å². The average molecular weight is 566 g/mol. The Morgan fingerprint density at radius 2 is 1.59 bits per heavy atom. The Hall–Kier alpha value is -3.12. The zero-order chi connectivity index (χ0) is 26.6. The number of rotatable bonds is 13. The largest absolute Gasteiger partial charge is 0.494 e. The molecule has 196 valence electrons. The summed E-state index contributed by atoms with van der Waals surface area (Å²) in [6.45, 7) is 7.51. The van der Waals surface area contributed by atoms with E-state index >= 15 is 0 Å². The first-order chi connectivity index (χ1) is 17.8. The highest BCUT2D eigenvalue weighted by Gasteiger charge is 2.30. The van der Waals surface area contributed by atoms with Crippen molar-refractivity contribution in [3.63, 3.8) is 0 Å².